The summed E-state index contributed by atoms with van der Waals surface area (Å²) in [5, 5.41) is 0. The first kappa shape index (κ1) is 13.4. The molecule has 1 aromatic carbocycles. The highest BCUT2D eigenvalue weighted by Gasteiger charge is 2.33. The van der Waals surface area contributed by atoms with E-state index in [1.165, 1.54) is 18.4 Å². The molecule has 106 valence electrons. The van der Waals surface area contributed by atoms with Gasteiger partial charge in [-0.05, 0) is 37.0 Å². The van der Waals surface area contributed by atoms with Crippen LogP contribution in [0.1, 0.15) is 24.2 Å². The molecule has 2 N–H and O–H groups in total. The quantitative estimate of drug-likeness (QED) is 0.841. The van der Waals surface area contributed by atoms with E-state index >= 15 is 0 Å². The van der Waals surface area contributed by atoms with Crippen molar-refractivity contribution in [3.63, 3.8) is 0 Å². The highest BCUT2D eigenvalue weighted by Crippen LogP contribution is 2.31. The van der Waals surface area contributed by atoms with Crippen LogP contribution in [-0.4, -0.2) is 23.5 Å². The van der Waals surface area contributed by atoms with Crippen LogP contribution in [0.4, 0.5) is 0 Å². The monoisotopic (exact) mass is 270 g/mol. The van der Waals surface area contributed by atoms with Crippen LogP contribution in [0, 0.1) is 0 Å². The predicted molar refractivity (Wildman–Crippen MR) is 80.3 cm³/mol. The molecule has 1 aliphatic carbocycles. The van der Waals surface area contributed by atoms with Gasteiger partial charge in [0.2, 0.25) is 0 Å². The summed E-state index contributed by atoms with van der Waals surface area (Å²) in [4.78, 5) is 2.52. The van der Waals surface area contributed by atoms with Gasteiger partial charge in [-0.25, -0.2) is 0 Å². The Morgan fingerprint density at radius 3 is 2.55 bits per heavy atom. The molecule has 0 bridgehead atoms. The average molecular weight is 270 g/mol. The Bertz CT molecular complexity index is 505. The summed E-state index contributed by atoms with van der Waals surface area (Å²) in [6.07, 6.45) is 5.32. The van der Waals surface area contributed by atoms with Crippen molar-refractivity contribution >= 4 is 0 Å². The number of furan rings is 1. The van der Waals surface area contributed by atoms with Crippen LogP contribution in [0.15, 0.2) is 53.1 Å². The van der Waals surface area contributed by atoms with Crippen molar-refractivity contribution in [3.8, 4) is 0 Å². The molecule has 0 aliphatic heterocycles. The molecule has 1 aromatic heterocycles. The van der Waals surface area contributed by atoms with Gasteiger partial charge in [-0.2, -0.15) is 0 Å². The highest BCUT2D eigenvalue weighted by atomic mass is 16.3. The number of benzene rings is 1. The molecule has 0 amide bonds. The number of hydrogen-bond donors (Lipinski definition) is 1. The van der Waals surface area contributed by atoms with E-state index in [1.54, 1.807) is 6.26 Å². The van der Waals surface area contributed by atoms with Crippen molar-refractivity contribution in [2.45, 2.75) is 37.9 Å². The van der Waals surface area contributed by atoms with Crippen molar-refractivity contribution in [2.24, 2.45) is 5.73 Å². The van der Waals surface area contributed by atoms with E-state index in [0.29, 0.717) is 18.6 Å². The number of hydrogen-bond acceptors (Lipinski definition) is 3. The Balaban J connectivity index is 1.71. The largest absolute Gasteiger partial charge is 0.468 e. The summed E-state index contributed by atoms with van der Waals surface area (Å²) in [5.74, 6) is 1.03. The second-order valence-electron chi connectivity index (χ2n) is 5.56. The van der Waals surface area contributed by atoms with Crippen LogP contribution >= 0.6 is 0 Å². The predicted octanol–water partition coefficient (Wildman–Crippen LogP) is 2.81. The maximum atomic E-state index is 6.04. The smallest absolute Gasteiger partial charge is 0.117 e. The van der Waals surface area contributed by atoms with E-state index < -0.39 is 0 Å². The van der Waals surface area contributed by atoms with E-state index in [0.717, 1.165) is 18.7 Å². The Morgan fingerprint density at radius 2 is 1.95 bits per heavy atom. The first-order chi connectivity index (χ1) is 9.86. The molecule has 3 nitrogen and oxygen atoms in total. The van der Waals surface area contributed by atoms with Gasteiger partial charge in [0.15, 0.2) is 0 Å². The molecule has 1 heterocycles. The van der Waals surface area contributed by atoms with Crippen LogP contribution in [0.3, 0.4) is 0 Å². The van der Waals surface area contributed by atoms with Gasteiger partial charge in [0.1, 0.15) is 5.76 Å². The lowest BCUT2D eigenvalue weighted by atomic mass is 10.0. The van der Waals surface area contributed by atoms with E-state index in [9.17, 15) is 0 Å². The van der Waals surface area contributed by atoms with Gasteiger partial charge in [0.25, 0.3) is 0 Å². The van der Waals surface area contributed by atoms with Crippen molar-refractivity contribution in [3.05, 3.63) is 60.1 Å². The molecule has 0 saturated heterocycles. The van der Waals surface area contributed by atoms with E-state index in [-0.39, 0.29) is 0 Å². The van der Waals surface area contributed by atoms with Crippen molar-refractivity contribution < 1.29 is 4.42 Å². The lowest BCUT2D eigenvalue weighted by Gasteiger charge is -2.30. The molecule has 1 fully saturated rings. The van der Waals surface area contributed by atoms with Gasteiger partial charge in [-0.1, -0.05) is 30.3 Å². The van der Waals surface area contributed by atoms with Crippen LogP contribution in [-0.2, 0) is 13.0 Å². The van der Waals surface area contributed by atoms with Gasteiger partial charge < -0.3 is 10.2 Å². The third-order valence-electron chi connectivity index (χ3n) is 3.99. The Labute approximate surface area is 120 Å². The third-order valence-corrected chi connectivity index (χ3v) is 3.99. The van der Waals surface area contributed by atoms with Gasteiger partial charge in [0, 0.05) is 18.6 Å². The molecule has 1 atom stereocenters. The molecular weight excluding hydrogens is 248 g/mol. The van der Waals surface area contributed by atoms with E-state index in [2.05, 4.69) is 35.2 Å². The topological polar surface area (TPSA) is 42.4 Å². The van der Waals surface area contributed by atoms with Crippen molar-refractivity contribution in [1.82, 2.24) is 4.90 Å². The first-order valence-corrected chi connectivity index (χ1v) is 7.39. The van der Waals surface area contributed by atoms with Gasteiger partial charge in [-0.15, -0.1) is 0 Å². The SMILES string of the molecule is NCC(Cc1ccccc1)N(Cc1ccco1)C1CC1. The summed E-state index contributed by atoms with van der Waals surface area (Å²) in [6.45, 7) is 1.55. The normalized spacial score (nSPS) is 16.5. The number of nitrogens with two attached hydrogens (primary N) is 1. The molecule has 3 heteroatoms. The summed E-state index contributed by atoms with van der Waals surface area (Å²) in [6, 6.07) is 15.7. The lowest BCUT2D eigenvalue weighted by molar-refractivity contribution is 0.166. The van der Waals surface area contributed by atoms with Crippen LogP contribution in [0.5, 0.6) is 0 Å². The average Bonchev–Trinajstić information content (AvgIpc) is 3.20. The van der Waals surface area contributed by atoms with Crippen molar-refractivity contribution in [2.75, 3.05) is 6.54 Å². The minimum atomic E-state index is 0.384. The Kier molecular flexibility index (Phi) is 4.19. The summed E-state index contributed by atoms with van der Waals surface area (Å²) in [7, 11) is 0. The van der Waals surface area contributed by atoms with Crippen LogP contribution in [0.25, 0.3) is 0 Å². The highest BCUT2D eigenvalue weighted by molar-refractivity contribution is 5.16. The van der Waals surface area contributed by atoms with Gasteiger partial charge in [-0.3, -0.25) is 4.90 Å². The molecule has 1 unspecified atom stereocenters. The second kappa shape index (κ2) is 6.25. The summed E-state index contributed by atoms with van der Waals surface area (Å²) >= 11 is 0. The fraction of sp³-hybridized carbons (Fsp3) is 0.412. The minimum absolute atomic E-state index is 0.384. The Hall–Kier alpha value is -1.58. The van der Waals surface area contributed by atoms with Gasteiger partial charge >= 0.3 is 0 Å². The zero-order valence-corrected chi connectivity index (χ0v) is 11.7. The van der Waals surface area contributed by atoms with Crippen LogP contribution < -0.4 is 5.73 Å². The molecular formula is C17H22N2O. The molecule has 1 saturated carbocycles. The zero-order chi connectivity index (χ0) is 13.8. The molecule has 0 spiro atoms. The van der Waals surface area contributed by atoms with Crippen molar-refractivity contribution in [1.29, 1.82) is 0 Å². The molecule has 20 heavy (non-hydrogen) atoms. The molecule has 1 aliphatic rings. The standard InChI is InChI=1S/C17H22N2O/c18-12-16(11-14-5-2-1-3-6-14)19(15-8-9-15)13-17-7-4-10-20-17/h1-7,10,15-16H,8-9,11-13,18H2. The molecule has 2 aromatic rings. The molecule has 3 rings (SSSR count). The second-order valence-corrected chi connectivity index (χ2v) is 5.56. The summed E-state index contributed by atoms with van der Waals surface area (Å²) in [5.41, 5.74) is 7.40. The Morgan fingerprint density at radius 1 is 1.15 bits per heavy atom. The summed E-state index contributed by atoms with van der Waals surface area (Å²) < 4.78 is 5.50. The first-order valence-electron chi connectivity index (χ1n) is 7.39. The lowest BCUT2D eigenvalue weighted by Crippen LogP contribution is -2.43. The number of nitrogens with zero attached hydrogens (tertiary/aromatic N) is 1. The zero-order valence-electron chi connectivity index (χ0n) is 11.7. The fourth-order valence-corrected chi connectivity index (χ4v) is 2.77. The number of rotatable bonds is 7. The van der Waals surface area contributed by atoms with E-state index in [1.807, 2.05) is 12.1 Å². The maximum absolute atomic E-state index is 6.04. The van der Waals surface area contributed by atoms with Gasteiger partial charge in [0.05, 0.1) is 12.8 Å². The minimum Gasteiger partial charge on any atom is -0.468 e. The van der Waals surface area contributed by atoms with E-state index in [4.69, 9.17) is 10.2 Å². The third kappa shape index (κ3) is 3.30. The molecule has 0 radical (unpaired) electrons. The van der Waals surface area contributed by atoms with Crippen LogP contribution in [0.2, 0.25) is 0 Å². The fourth-order valence-electron chi connectivity index (χ4n) is 2.77. The maximum Gasteiger partial charge on any atom is 0.117 e.